The fourth-order valence-corrected chi connectivity index (χ4v) is 10.8. The van der Waals surface area contributed by atoms with Crippen molar-refractivity contribution >= 4 is 22.6 Å². The van der Waals surface area contributed by atoms with Crippen molar-refractivity contribution in [3.8, 4) is 67.5 Å². The Morgan fingerprint density at radius 1 is 0.328 bits per heavy atom. The van der Waals surface area contributed by atoms with Crippen LogP contribution in [0, 0.1) is 0 Å². The van der Waals surface area contributed by atoms with E-state index in [1.165, 1.54) is 55.7 Å². The summed E-state index contributed by atoms with van der Waals surface area (Å²) in [6, 6.07) is 76.2. The number of benzene rings is 9. The normalized spacial score (nSPS) is 15.9. The second-order valence-corrected chi connectivity index (χ2v) is 17.0. The van der Waals surface area contributed by atoms with Crippen LogP contribution in [0.1, 0.15) is 35.1 Å². The Labute approximate surface area is 373 Å². The lowest BCUT2D eigenvalue weighted by Gasteiger charge is -2.32. The summed E-state index contributed by atoms with van der Waals surface area (Å²) in [5, 5.41) is 0. The van der Waals surface area contributed by atoms with Crippen molar-refractivity contribution in [2.75, 3.05) is 4.90 Å². The number of hydrogen-bond acceptors (Lipinski definition) is 3. The standard InChI is InChI=1S/C61H41NO2/c1-4-17-40(18-5-1)43-23-16-24-44(35-43)62(45-31-33-47(41-19-6-2-7-20-41)51(36-45)42-21-8-3-9-22-42)46-32-34-57-58(37-46)64-60-39-56-52(38-59(60)63-57)50-27-12-15-30-55(50)61(56)53-28-13-10-25-48(53)49-26-11-14-29-54(49)61/h1-10,12-13,15-39H,11,14H2. The molecule has 0 N–H and O–H groups in total. The molecule has 0 fully saturated rings. The fourth-order valence-electron chi connectivity index (χ4n) is 10.8. The molecule has 302 valence electrons. The zero-order valence-electron chi connectivity index (χ0n) is 35.0. The smallest absolute Gasteiger partial charge is 0.172 e. The van der Waals surface area contributed by atoms with Crippen molar-refractivity contribution in [2.45, 2.75) is 18.3 Å². The lowest BCUT2D eigenvalue weighted by atomic mass is 9.69. The lowest BCUT2D eigenvalue weighted by Crippen LogP contribution is -2.26. The highest BCUT2D eigenvalue weighted by molar-refractivity contribution is 6.01. The van der Waals surface area contributed by atoms with Crippen LogP contribution in [0.25, 0.3) is 50.1 Å². The van der Waals surface area contributed by atoms with Gasteiger partial charge >= 0.3 is 0 Å². The van der Waals surface area contributed by atoms with Crippen molar-refractivity contribution < 1.29 is 9.47 Å². The molecule has 0 aromatic heterocycles. The minimum atomic E-state index is -0.432. The topological polar surface area (TPSA) is 21.7 Å². The largest absolute Gasteiger partial charge is 0.449 e. The Kier molecular flexibility index (Phi) is 8.26. The predicted octanol–water partition coefficient (Wildman–Crippen LogP) is 16.5. The minimum Gasteiger partial charge on any atom is -0.449 e. The van der Waals surface area contributed by atoms with Gasteiger partial charge in [0.25, 0.3) is 0 Å². The molecule has 1 unspecified atom stereocenters. The van der Waals surface area contributed by atoms with E-state index >= 15 is 0 Å². The van der Waals surface area contributed by atoms with Gasteiger partial charge in [-0.25, -0.2) is 0 Å². The Bertz CT molecular complexity index is 3390. The van der Waals surface area contributed by atoms with E-state index in [-0.39, 0.29) is 0 Å². The zero-order chi connectivity index (χ0) is 42.2. The Morgan fingerprint density at radius 2 is 0.891 bits per heavy atom. The first-order valence-corrected chi connectivity index (χ1v) is 22.2. The zero-order valence-corrected chi connectivity index (χ0v) is 35.0. The highest BCUT2D eigenvalue weighted by Crippen LogP contribution is 2.66. The molecule has 0 amide bonds. The number of rotatable bonds is 6. The van der Waals surface area contributed by atoms with Gasteiger partial charge in [0.05, 0.1) is 11.1 Å². The third kappa shape index (κ3) is 5.54. The van der Waals surface area contributed by atoms with Crippen molar-refractivity contribution in [2.24, 2.45) is 0 Å². The van der Waals surface area contributed by atoms with Crippen molar-refractivity contribution in [1.29, 1.82) is 0 Å². The van der Waals surface area contributed by atoms with Crippen LogP contribution >= 0.6 is 0 Å². The summed E-state index contributed by atoms with van der Waals surface area (Å²) in [5.74, 6) is 2.80. The number of anilines is 3. The van der Waals surface area contributed by atoms with Crippen LogP contribution in [0.15, 0.2) is 230 Å². The van der Waals surface area contributed by atoms with Crippen LogP contribution in [0.5, 0.6) is 23.0 Å². The molecule has 13 rings (SSSR count). The molecule has 0 saturated carbocycles. The Balaban J connectivity index is 0.963. The summed E-state index contributed by atoms with van der Waals surface area (Å²) in [7, 11) is 0. The first-order valence-electron chi connectivity index (χ1n) is 22.2. The Morgan fingerprint density at radius 3 is 1.67 bits per heavy atom. The maximum atomic E-state index is 7.07. The molecule has 4 aliphatic rings. The first-order chi connectivity index (χ1) is 31.7. The molecule has 1 spiro atoms. The molecule has 3 aliphatic carbocycles. The van der Waals surface area contributed by atoms with E-state index in [1.807, 2.05) is 0 Å². The van der Waals surface area contributed by atoms with Crippen LogP contribution in [0.4, 0.5) is 17.1 Å². The minimum absolute atomic E-state index is 0.432. The average Bonchev–Trinajstić information content (AvgIpc) is 3.83. The molecule has 0 radical (unpaired) electrons. The van der Waals surface area contributed by atoms with Gasteiger partial charge < -0.3 is 14.4 Å². The van der Waals surface area contributed by atoms with Gasteiger partial charge in [0.2, 0.25) is 0 Å². The second-order valence-electron chi connectivity index (χ2n) is 17.0. The summed E-state index contributed by atoms with van der Waals surface area (Å²) in [4.78, 5) is 2.33. The quantitative estimate of drug-likeness (QED) is 0.167. The van der Waals surface area contributed by atoms with Gasteiger partial charge in [0.15, 0.2) is 23.0 Å². The average molecular weight is 820 g/mol. The lowest BCUT2D eigenvalue weighted by molar-refractivity contribution is 0.359. The van der Waals surface area contributed by atoms with Gasteiger partial charge in [-0.05, 0) is 139 Å². The monoisotopic (exact) mass is 819 g/mol. The summed E-state index contributed by atoms with van der Waals surface area (Å²) in [6.07, 6.45) is 7.00. The fraction of sp³-hybridized carbons (Fsp3) is 0.0492. The van der Waals surface area contributed by atoms with Crippen LogP contribution in [-0.2, 0) is 5.41 Å². The van der Waals surface area contributed by atoms with Gasteiger partial charge in [-0.3, -0.25) is 0 Å². The van der Waals surface area contributed by atoms with E-state index in [2.05, 4.69) is 229 Å². The summed E-state index contributed by atoms with van der Waals surface area (Å²) in [5.41, 5.74) is 20.0. The molecular weight excluding hydrogens is 779 g/mol. The second kappa shape index (κ2) is 14.5. The van der Waals surface area contributed by atoms with Crippen LogP contribution in [0.2, 0.25) is 0 Å². The van der Waals surface area contributed by atoms with E-state index in [4.69, 9.17) is 9.47 Å². The molecule has 0 saturated heterocycles. The number of ether oxygens (including phenoxy) is 2. The van der Waals surface area contributed by atoms with Crippen LogP contribution in [-0.4, -0.2) is 0 Å². The number of allylic oxidation sites excluding steroid dienone is 4. The highest BCUT2D eigenvalue weighted by Gasteiger charge is 2.54. The van der Waals surface area contributed by atoms with E-state index in [0.29, 0.717) is 11.5 Å². The number of nitrogens with zero attached hydrogens (tertiary/aromatic N) is 1. The highest BCUT2D eigenvalue weighted by atomic mass is 16.6. The molecule has 64 heavy (non-hydrogen) atoms. The van der Waals surface area contributed by atoms with E-state index in [0.717, 1.165) is 63.7 Å². The van der Waals surface area contributed by atoms with Gasteiger partial charge in [-0.2, -0.15) is 0 Å². The maximum absolute atomic E-state index is 7.07. The van der Waals surface area contributed by atoms with Crippen molar-refractivity contribution in [3.63, 3.8) is 0 Å². The van der Waals surface area contributed by atoms with Crippen molar-refractivity contribution in [1.82, 2.24) is 0 Å². The van der Waals surface area contributed by atoms with Crippen molar-refractivity contribution in [3.05, 3.63) is 252 Å². The molecule has 1 atom stereocenters. The summed E-state index contributed by atoms with van der Waals surface area (Å²) < 4.78 is 13.9. The molecule has 0 bridgehead atoms. The number of fused-ring (bicyclic) bond motifs is 12. The molecule has 9 aromatic carbocycles. The van der Waals surface area contributed by atoms with E-state index < -0.39 is 5.41 Å². The third-order valence-corrected chi connectivity index (χ3v) is 13.6. The molecule has 3 heteroatoms. The molecular formula is C61H41NO2. The third-order valence-electron chi connectivity index (χ3n) is 13.6. The Hall–Kier alpha value is -8.14. The van der Waals surface area contributed by atoms with E-state index in [1.54, 1.807) is 0 Å². The summed E-state index contributed by atoms with van der Waals surface area (Å²) in [6.45, 7) is 0. The van der Waals surface area contributed by atoms with Gasteiger partial charge in [-0.1, -0.05) is 170 Å². The van der Waals surface area contributed by atoms with Gasteiger partial charge in [0, 0.05) is 17.4 Å². The SMILES string of the molecule is C1=C2C(=CCC1)C1(c3ccccc32)c2ccccc2-c2cc3c(cc21)Oc1cc(N(c2cccc(-c4ccccc4)c2)c2ccc(-c4ccccc4)c(-c4ccccc4)c2)ccc1O3. The van der Waals surface area contributed by atoms with Gasteiger partial charge in [-0.15, -0.1) is 0 Å². The summed E-state index contributed by atoms with van der Waals surface area (Å²) >= 11 is 0. The predicted molar refractivity (Wildman–Crippen MR) is 261 cm³/mol. The maximum Gasteiger partial charge on any atom is 0.172 e. The first kappa shape index (κ1) is 36.5. The molecule has 9 aromatic rings. The van der Waals surface area contributed by atoms with Crippen LogP contribution in [0.3, 0.4) is 0 Å². The number of hydrogen-bond donors (Lipinski definition) is 0. The van der Waals surface area contributed by atoms with Crippen LogP contribution < -0.4 is 14.4 Å². The van der Waals surface area contributed by atoms with E-state index in [9.17, 15) is 0 Å². The van der Waals surface area contributed by atoms with Gasteiger partial charge in [0.1, 0.15) is 0 Å². The molecule has 3 nitrogen and oxygen atoms in total. The molecule has 1 aliphatic heterocycles. The molecule has 1 heterocycles.